The molecular weight excluding hydrogens is 312 g/mol. The molecule has 0 bridgehead atoms. The highest BCUT2D eigenvalue weighted by Crippen LogP contribution is 2.32. The van der Waals surface area contributed by atoms with E-state index in [1.165, 1.54) is 0 Å². The molecule has 1 aromatic rings. The number of fused-ring (bicyclic) bond motifs is 1. The quantitative estimate of drug-likeness (QED) is 0.431. The van der Waals surface area contributed by atoms with E-state index in [0.29, 0.717) is 39.8 Å². The maximum atomic E-state index is 5.84. The van der Waals surface area contributed by atoms with E-state index in [-0.39, 0.29) is 12.4 Å². The minimum absolute atomic E-state index is 0.0410. The average molecular weight is 340 g/mol. The van der Waals surface area contributed by atoms with E-state index >= 15 is 0 Å². The third kappa shape index (κ3) is 6.65. The van der Waals surface area contributed by atoms with Crippen LogP contribution in [0.25, 0.3) is 0 Å². The SMILES string of the molecule is CCOCCOCCOC(C)OC(C)Cc1ccc2c(c1)OCO2. The first-order valence-corrected chi connectivity index (χ1v) is 8.50. The van der Waals surface area contributed by atoms with Crippen LogP contribution in [0.5, 0.6) is 11.5 Å². The molecule has 0 N–H and O–H groups in total. The summed E-state index contributed by atoms with van der Waals surface area (Å²) in [6.45, 7) is 9.16. The van der Waals surface area contributed by atoms with Gasteiger partial charge in [-0.1, -0.05) is 6.07 Å². The van der Waals surface area contributed by atoms with E-state index in [2.05, 4.69) is 0 Å². The molecule has 6 nitrogen and oxygen atoms in total. The van der Waals surface area contributed by atoms with Crippen LogP contribution in [-0.4, -0.2) is 52.2 Å². The maximum Gasteiger partial charge on any atom is 0.231 e. The molecule has 0 saturated carbocycles. The van der Waals surface area contributed by atoms with Gasteiger partial charge in [-0.3, -0.25) is 0 Å². The topological polar surface area (TPSA) is 55.4 Å². The first-order valence-electron chi connectivity index (χ1n) is 8.50. The fourth-order valence-electron chi connectivity index (χ4n) is 2.45. The van der Waals surface area contributed by atoms with Crippen LogP contribution in [0, 0.1) is 0 Å². The van der Waals surface area contributed by atoms with Crippen LogP contribution < -0.4 is 9.47 Å². The van der Waals surface area contributed by atoms with E-state index in [9.17, 15) is 0 Å². The van der Waals surface area contributed by atoms with Crippen molar-refractivity contribution in [2.75, 3.05) is 39.8 Å². The Kier molecular flexibility index (Phi) is 8.32. The predicted molar refractivity (Wildman–Crippen MR) is 89.5 cm³/mol. The molecule has 1 heterocycles. The van der Waals surface area contributed by atoms with Crippen LogP contribution in [-0.2, 0) is 25.4 Å². The molecule has 0 saturated heterocycles. The summed E-state index contributed by atoms with van der Waals surface area (Å²) in [6, 6.07) is 5.97. The van der Waals surface area contributed by atoms with Crippen LogP contribution >= 0.6 is 0 Å². The van der Waals surface area contributed by atoms with Gasteiger partial charge < -0.3 is 28.4 Å². The van der Waals surface area contributed by atoms with Gasteiger partial charge in [0.2, 0.25) is 6.79 Å². The molecule has 0 aromatic heterocycles. The lowest BCUT2D eigenvalue weighted by Crippen LogP contribution is -2.23. The van der Waals surface area contributed by atoms with Gasteiger partial charge in [0.25, 0.3) is 0 Å². The summed E-state index contributed by atoms with van der Waals surface area (Å²) >= 11 is 0. The fourth-order valence-corrected chi connectivity index (χ4v) is 2.45. The number of benzene rings is 1. The minimum atomic E-state index is -0.274. The lowest BCUT2D eigenvalue weighted by molar-refractivity contribution is -0.162. The van der Waals surface area contributed by atoms with Crippen molar-refractivity contribution in [3.05, 3.63) is 23.8 Å². The minimum Gasteiger partial charge on any atom is -0.454 e. The van der Waals surface area contributed by atoms with Gasteiger partial charge in [0.15, 0.2) is 17.8 Å². The van der Waals surface area contributed by atoms with Crippen LogP contribution in [0.2, 0.25) is 0 Å². The van der Waals surface area contributed by atoms with Gasteiger partial charge in [-0.05, 0) is 44.9 Å². The summed E-state index contributed by atoms with van der Waals surface area (Å²) in [6.07, 6.45) is 0.554. The molecule has 1 aromatic carbocycles. The Balaban J connectivity index is 1.59. The number of rotatable bonds is 12. The molecule has 0 spiro atoms. The smallest absolute Gasteiger partial charge is 0.231 e. The van der Waals surface area contributed by atoms with Crippen LogP contribution in [0.4, 0.5) is 0 Å². The van der Waals surface area contributed by atoms with E-state index < -0.39 is 0 Å². The van der Waals surface area contributed by atoms with Gasteiger partial charge in [0.1, 0.15) is 0 Å². The van der Waals surface area contributed by atoms with Crippen molar-refractivity contribution in [1.29, 1.82) is 0 Å². The highest BCUT2D eigenvalue weighted by atomic mass is 16.7. The van der Waals surface area contributed by atoms with Crippen LogP contribution in [0.1, 0.15) is 26.3 Å². The Hall–Kier alpha value is -1.34. The molecule has 1 aliphatic heterocycles. The summed E-state index contributed by atoms with van der Waals surface area (Å²) in [5.74, 6) is 1.60. The van der Waals surface area contributed by atoms with Crippen molar-refractivity contribution in [3.63, 3.8) is 0 Å². The van der Waals surface area contributed by atoms with Gasteiger partial charge in [0.05, 0.1) is 32.5 Å². The molecule has 2 rings (SSSR count). The zero-order valence-corrected chi connectivity index (χ0v) is 14.8. The van der Waals surface area contributed by atoms with Crippen molar-refractivity contribution in [2.24, 2.45) is 0 Å². The van der Waals surface area contributed by atoms with Crippen molar-refractivity contribution in [2.45, 2.75) is 39.6 Å². The van der Waals surface area contributed by atoms with E-state index in [0.717, 1.165) is 23.5 Å². The standard InChI is InChI=1S/C18H28O6/c1-4-19-7-8-20-9-10-21-15(3)24-14(2)11-16-5-6-17-18(12-16)23-13-22-17/h5-6,12,14-15H,4,7-11,13H2,1-3H3. The molecular formula is C18H28O6. The van der Waals surface area contributed by atoms with Crippen LogP contribution in [0.15, 0.2) is 18.2 Å². The zero-order valence-electron chi connectivity index (χ0n) is 14.8. The summed E-state index contributed by atoms with van der Waals surface area (Å²) in [5, 5.41) is 0. The molecule has 136 valence electrons. The lowest BCUT2D eigenvalue weighted by Gasteiger charge is -2.20. The van der Waals surface area contributed by atoms with E-state index in [1.54, 1.807) is 0 Å². The van der Waals surface area contributed by atoms with E-state index in [4.69, 9.17) is 28.4 Å². The Bertz CT molecular complexity index is 479. The number of ether oxygens (including phenoxy) is 6. The van der Waals surface area contributed by atoms with Crippen molar-refractivity contribution in [3.8, 4) is 11.5 Å². The van der Waals surface area contributed by atoms with Gasteiger partial charge in [-0.15, -0.1) is 0 Å². The first-order chi connectivity index (χ1) is 11.7. The molecule has 2 atom stereocenters. The molecule has 0 radical (unpaired) electrons. The van der Waals surface area contributed by atoms with Crippen molar-refractivity contribution in [1.82, 2.24) is 0 Å². The molecule has 0 amide bonds. The maximum absolute atomic E-state index is 5.84. The normalized spacial score (nSPS) is 15.5. The molecule has 6 heteroatoms. The fraction of sp³-hybridized carbons (Fsp3) is 0.667. The van der Waals surface area contributed by atoms with Gasteiger partial charge in [0, 0.05) is 6.61 Å². The molecule has 0 fully saturated rings. The van der Waals surface area contributed by atoms with Gasteiger partial charge >= 0.3 is 0 Å². The first kappa shape index (κ1) is 19.0. The van der Waals surface area contributed by atoms with Crippen molar-refractivity contribution >= 4 is 0 Å². The number of hydrogen-bond donors (Lipinski definition) is 0. The second kappa shape index (κ2) is 10.5. The highest BCUT2D eigenvalue weighted by molar-refractivity contribution is 5.44. The van der Waals surface area contributed by atoms with Crippen LogP contribution in [0.3, 0.4) is 0 Å². The summed E-state index contributed by atoms with van der Waals surface area (Å²) < 4.78 is 32.7. The largest absolute Gasteiger partial charge is 0.454 e. The van der Waals surface area contributed by atoms with Gasteiger partial charge in [-0.2, -0.15) is 0 Å². The Labute approximate surface area is 143 Å². The Morgan fingerprint density at radius 3 is 2.58 bits per heavy atom. The second-order valence-corrected chi connectivity index (χ2v) is 5.59. The zero-order chi connectivity index (χ0) is 17.2. The van der Waals surface area contributed by atoms with Crippen molar-refractivity contribution < 1.29 is 28.4 Å². The molecule has 1 aliphatic rings. The monoisotopic (exact) mass is 340 g/mol. The lowest BCUT2D eigenvalue weighted by atomic mass is 10.1. The highest BCUT2D eigenvalue weighted by Gasteiger charge is 2.15. The third-order valence-corrected chi connectivity index (χ3v) is 3.54. The molecule has 0 aliphatic carbocycles. The number of hydrogen-bond acceptors (Lipinski definition) is 6. The van der Waals surface area contributed by atoms with E-state index in [1.807, 2.05) is 39.0 Å². The van der Waals surface area contributed by atoms with Gasteiger partial charge in [-0.25, -0.2) is 0 Å². The Morgan fingerprint density at radius 2 is 1.75 bits per heavy atom. The Morgan fingerprint density at radius 1 is 1.00 bits per heavy atom. The summed E-state index contributed by atoms with van der Waals surface area (Å²) in [7, 11) is 0. The summed E-state index contributed by atoms with van der Waals surface area (Å²) in [4.78, 5) is 0. The second-order valence-electron chi connectivity index (χ2n) is 5.59. The summed E-state index contributed by atoms with van der Waals surface area (Å²) in [5.41, 5.74) is 1.15. The molecule has 24 heavy (non-hydrogen) atoms. The molecule has 2 unspecified atom stereocenters. The third-order valence-electron chi connectivity index (χ3n) is 3.54. The predicted octanol–water partition coefficient (Wildman–Crippen LogP) is 2.78. The average Bonchev–Trinajstić information content (AvgIpc) is 3.01.